The Morgan fingerprint density at radius 1 is 1.52 bits per heavy atom. The van der Waals surface area contributed by atoms with Crippen LogP contribution in [0.3, 0.4) is 0 Å². The van der Waals surface area contributed by atoms with Crippen LogP contribution in [0.5, 0.6) is 0 Å². The molecule has 3 rings (SSSR count). The van der Waals surface area contributed by atoms with Gasteiger partial charge in [-0.2, -0.15) is 4.98 Å². The fourth-order valence-corrected chi connectivity index (χ4v) is 2.56. The van der Waals surface area contributed by atoms with Crippen molar-refractivity contribution in [1.82, 2.24) is 15.5 Å². The molecule has 1 amide bonds. The second kappa shape index (κ2) is 7.10. The lowest BCUT2D eigenvalue weighted by molar-refractivity contribution is -0.123. The standard InChI is InChI=1S/C16H18ClN3O3/c1-2-22-13-9-12(13)16(21)18-7-6-14-19-15(20-23-14)10-4-3-5-11(17)8-10/h3-5,8,12-13H,2,6-7,9H2,1H3,(H,18,21)/t12-,13+/m0/s1. The molecule has 0 saturated heterocycles. The van der Waals surface area contributed by atoms with Crippen LogP contribution in [0.2, 0.25) is 5.02 Å². The van der Waals surface area contributed by atoms with E-state index in [1.807, 2.05) is 19.1 Å². The summed E-state index contributed by atoms with van der Waals surface area (Å²) in [7, 11) is 0. The van der Waals surface area contributed by atoms with Crippen LogP contribution in [-0.4, -0.2) is 35.3 Å². The third kappa shape index (κ3) is 4.09. The van der Waals surface area contributed by atoms with Crippen molar-refractivity contribution in [2.45, 2.75) is 25.9 Å². The number of nitrogens with zero attached hydrogens (tertiary/aromatic N) is 2. The molecule has 0 aliphatic heterocycles. The second-order valence-corrected chi connectivity index (χ2v) is 5.84. The van der Waals surface area contributed by atoms with E-state index < -0.39 is 0 Å². The van der Waals surface area contributed by atoms with Crippen molar-refractivity contribution in [3.8, 4) is 11.4 Å². The molecule has 7 heteroatoms. The first-order valence-electron chi connectivity index (χ1n) is 7.65. The van der Waals surface area contributed by atoms with Gasteiger partial charge in [0, 0.05) is 30.2 Å². The first kappa shape index (κ1) is 16.0. The fourth-order valence-electron chi connectivity index (χ4n) is 2.37. The van der Waals surface area contributed by atoms with Crippen molar-refractivity contribution in [2.24, 2.45) is 5.92 Å². The maximum Gasteiger partial charge on any atom is 0.228 e. The summed E-state index contributed by atoms with van der Waals surface area (Å²) >= 11 is 5.95. The Balaban J connectivity index is 1.47. The molecule has 6 nitrogen and oxygen atoms in total. The van der Waals surface area contributed by atoms with Crippen LogP contribution in [0.25, 0.3) is 11.4 Å². The quantitative estimate of drug-likeness (QED) is 0.841. The number of carbonyl (C=O) groups excluding carboxylic acids is 1. The van der Waals surface area contributed by atoms with E-state index >= 15 is 0 Å². The minimum Gasteiger partial charge on any atom is -0.378 e. The van der Waals surface area contributed by atoms with Crippen LogP contribution >= 0.6 is 11.6 Å². The summed E-state index contributed by atoms with van der Waals surface area (Å²) in [6.07, 6.45) is 1.38. The number of ether oxygens (including phenoxy) is 1. The Kier molecular flexibility index (Phi) is 4.93. The van der Waals surface area contributed by atoms with Crippen molar-refractivity contribution < 1.29 is 14.1 Å². The lowest BCUT2D eigenvalue weighted by Gasteiger charge is -2.02. The molecule has 1 aliphatic carbocycles. The number of nitrogens with one attached hydrogen (secondary N) is 1. The molecule has 122 valence electrons. The van der Waals surface area contributed by atoms with Crippen molar-refractivity contribution in [2.75, 3.05) is 13.2 Å². The molecule has 0 bridgehead atoms. The number of aromatic nitrogens is 2. The van der Waals surface area contributed by atoms with E-state index in [-0.39, 0.29) is 17.9 Å². The maximum absolute atomic E-state index is 11.9. The Bertz CT molecular complexity index is 689. The van der Waals surface area contributed by atoms with Gasteiger partial charge in [0.25, 0.3) is 0 Å². The van der Waals surface area contributed by atoms with E-state index in [1.165, 1.54) is 0 Å². The van der Waals surface area contributed by atoms with Crippen molar-refractivity contribution in [3.63, 3.8) is 0 Å². The fraction of sp³-hybridized carbons (Fsp3) is 0.438. The second-order valence-electron chi connectivity index (χ2n) is 5.40. The number of benzene rings is 1. The van der Waals surface area contributed by atoms with Gasteiger partial charge in [0.05, 0.1) is 12.0 Å². The number of hydrogen-bond donors (Lipinski definition) is 1. The summed E-state index contributed by atoms with van der Waals surface area (Å²) < 4.78 is 10.6. The molecule has 2 aromatic rings. The smallest absolute Gasteiger partial charge is 0.228 e. The van der Waals surface area contributed by atoms with E-state index in [1.54, 1.807) is 12.1 Å². The predicted octanol–water partition coefficient (Wildman–Crippen LogP) is 2.47. The Labute approximate surface area is 139 Å². The van der Waals surface area contributed by atoms with Gasteiger partial charge < -0.3 is 14.6 Å². The molecule has 2 atom stereocenters. The Hall–Kier alpha value is -1.92. The highest BCUT2D eigenvalue weighted by Crippen LogP contribution is 2.33. The average Bonchev–Trinajstić information content (AvgIpc) is 3.15. The van der Waals surface area contributed by atoms with Gasteiger partial charge in [0.1, 0.15) is 0 Å². The maximum atomic E-state index is 11.9. The molecular weight excluding hydrogens is 318 g/mol. The van der Waals surface area contributed by atoms with Gasteiger partial charge in [-0.05, 0) is 25.5 Å². The van der Waals surface area contributed by atoms with E-state index in [4.69, 9.17) is 20.9 Å². The zero-order valence-corrected chi connectivity index (χ0v) is 13.5. The van der Waals surface area contributed by atoms with E-state index in [0.29, 0.717) is 36.3 Å². The van der Waals surface area contributed by atoms with Crippen LogP contribution < -0.4 is 5.32 Å². The monoisotopic (exact) mass is 335 g/mol. The molecule has 1 heterocycles. The lowest BCUT2D eigenvalue weighted by atomic mass is 10.2. The van der Waals surface area contributed by atoms with Gasteiger partial charge in [-0.25, -0.2) is 0 Å². The summed E-state index contributed by atoms with van der Waals surface area (Å²) in [6, 6.07) is 7.26. The lowest BCUT2D eigenvalue weighted by Crippen LogP contribution is -2.28. The van der Waals surface area contributed by atoms with Gasteiger partial charge in [0.15, 0.2) is 0 Å². The van der Waals surface area contributed by atoms with Gasteiger partial charge in [-0.1, -0.05) is 28.9 Å². The van der Waals surface area contributed by atoms with Crippen LogP contribution in [0, 0.1) is 5.92 Å². The molecule has 1 N–H and O–H groups in total. The van der Waals surface area contributed by atoms with Crippen molar-refractivity contribution in [1.29, 1.82) is 0 Å². The minimum absolute atomic E-state index is 0.0142. The Morgan fingerprint density at radius 2 is 2.39 bits per heavy atom. The highest BCUT2D eigenvalue weighted by molar-refractivity contribution is 6.30. The van der Waals surface area contributed by atoms with Crippen molar-refractivity contribution in [3.05, 3.63) is 35.2 Å². The third-order valence-electron chi connectivity index (χ3n) is 3.64. The largest absolute Gasteiger partial charge is 0.378 e. The number of amides is 1. The normalized spacial score (nSPS) is 19.6. The number of carbonyl (C=O) groups is 1. The molecule has 23 heavy (non-hydrogen) atoms. The number of hydrogen-bond acceptors (Lipinski definition) is 5. The summed E-state index contributed by atoms with van der Waals surface area (Å²) in [5.74, 6) is 0.988. The first-order valence-corrected chi connectivity index (χ1v) is 8.03. The average molecular weight is 336 g/mol. The molecule has 1 fully saturated rings. The minimum atomic E-state index is -0.0142. The third-order valence-corrected chi connectivity index (χ3v) is 3.87. The summed E-state index contributed by atoms with van der Waals surface area (Å²) in [5, 5.41) is 7.42. The first-order chi connectivity index (χ1) is 11.2. The molecule has 1 aromatic heterocycles. The summed E-state index contributed by atoms with van der Waals surface area (Å²) in [6.45, 7) is 3.04. The van der Waals surface area contributed by atoms with Crippen LogP contribution in [-0.2, 0) is 16.0 Å². The summed E-state index contributed by atoms with van der Waals surface area (Å²) in [4.78, 5) is 16.2. The predicted molar refractivity (Wildman–Crippen MR) is 85.0 cm³/mol. The number of halogens is 1. The topological polar surface area (TPSA) is 77.2 Å². The zero-order chi connectivity index (χ0) is 16.2. The SMILES string of the molecule is CCO[C@@H]1C[C@@H]1C(=O)NCCc1nc(-c2cccc(Cl)c2)no1. The molecular formula is C16H18ClN3O3. The summed E-state index contributed by atoms with van der Waals surface area (Å²) in [5.41, 5.74) is 0.800. The number of rotatable bonds is 7. The van der Waals surface area contributed by atoms with Gasteiger partial charge in [-0.3, -0.25) is 4.79 Å². The van der Waals surface area contributed by atoms with Crippen LogP contribution in [0.15, 0.2) is 28.8 Å². The van der Waals surface area contributed by atoms with Gasteiger partial charge in [-0.15, -0.1) is 0 Å². The van der Waals surface area contributed by atoms with E-state index in [0.717, 1.165) is 12.0 Å². The van der Waals surface area contributed by atoms with Gasteiger partial charge in [0.2, 0.25) is 17.6 Å². The molecule has 0 spiro atoms. The Morgan fingerprint density at radius 3 is 3.17 bits per heavy atom. The highest BCUT2D eigenvalue weighted by atomic mass is 35.5. The van der Waals surface area contributed by atoms with E-state index in [2.05, 4.69) is 15.5 Å². The molecule has 1 aliphatic rings. The van der Waals surface area contributed by atoms with Crippen LogP contribution in [0.1, 0.15) is 19.2 Å². The van der Waals surface area contributed by atoms with Gasteiger partial charge >= 0.3 is 0 Å². The van der Waals surface area contributed by atoms with Crippen molar-refractivity contribution >= 4 is 17.5 Å². The van der Waals surface area contributed by atoms with E-state index in [9.17, 15) is 4.79 Å². The molecule has 0 radical (unpaired) electrons. The molecule has 1 aromatic carbocycles. The molecule has 0 unspecified atom stereocenters. The molecule has 1 saturated carbocycles. The zero-order valence-electron chi connectivity index (χ0n) is 12.8. The highest BCUT2D eigenvalue weighted by Gasteiger charge is 2.43. The van der Waals surface area contributed by atoms with Crippen LogP contribution in [0.4, 0.5) is 0 Å².